The summed E-state index contributed by atoms with van der Waals surface area (Å²) < 4.78 is 0. The third-order valence-electron chi connectivity index (χ3n) is 2.58. The summed E-state index contributed by atoms with van der Waals surface area (Å²) in [7, 11) is 0. The van der Waals surface area contributed by atoms with E-state index in [0.717, 1.165) is 12.1 Å². The first-order valence-corrected chi connectivity index (χ1v) is 5.06. The Hall–Kier alpha value is -2.17. The maximum atomic E-state index is 11.3. The van der Waals surface area contributed by atoms with Crippen LogP contribution in [0.1, 0.15) is 17.7 Å². The number of allylic oxidation sites excluding steroid dienone is 1. The van der Waals surface area contributed by atoms with Crippen molar-refractivity contribution in [2.24, 2.45) is 10.7 Å². The molecule has 1 aromatic heterocycles. The van der Waals surface area contributed by atoms with Crippen LogP contribution in [0.2, 0.25) is 0 Å². The van der Waals surface area contributed by atoms with Crippen molar-refractivity contribution in [1.82, 2.24) is 4.98 Å². The van der Waals surface area contributed by atoms with E-state index in [9.17, 15) is 4.79 Å². The van der Waals surface area contributed by atoms with Crippen molar-refractivity contribution >= 4 is 23.8 Å². The quantitative estimate of drug-likeness (QED) is 0.721. The van der Waals surface area contributed by atoms with Crippen LogP contribution in [0.15, 0.2) is 23.3 Å². The van der Waals surface area contributed by atoms with Crippen molar-refractivity contribution in [3.63, 3.8) is 0 Å². The van der Waals surface area contributed by atoms with Crippen molar-refractivity contribution in [2.45, 2.75) is 12.8 Å². The SMILES string of the molecule is NC(=O)N1/C=C\CC=Nc2cc3c(nc21)C3. The Bertz CT molecular complexity index is 533. The molecule has 2 aliphatic rings. The van der Waals surface area contributed by atoms with Gasteiger partial charge in [0.2, 0.25) is 0 Å². The van der Waals surface area contributed by atoms with Crippen LogP contribution >= 0.6 is 0 Å². The highest BCUT2D eigenvalue weighted by Gasteiger charge is 2.25. The van der Waals surface area contributed by atoms with Gasteiger partial charge in [-0.05, 0) is 11.6 Å². The molecule has 0 radical (unpaired) electrons. The van der Waals surface area contributed by atoms with Crippen LogP contribution in [0, 0.1) is 0 Å². The highest BCUT2D eigenvalue weighted by atomic mass is 16.2. The summed E-state index contributed by atoms with van der Waals surface area (Å²) in [5, 5.41) is 0. The standard InChI is InChI=1S/C11H10N4O/c12-11(16)15-4-2-1-3-13-9-6-7-5-8(7)14-10(9)15/h2-4,6H,1,5H2,(H2,12,16)/b4-2-,13-3?. The number of pyridine rings is 1. The lowest BCUT2D eigenvalue weighted by Crippen LogP contribution is -2.31. The number of urea groups is 1. The number of fused-ring (bicyclic) bond motifs is 2. The van der Waals surface area contributed by atoms with E-state index >= 15 is 0 Å². The van der Waals surface area contributed by atoms with Crippen LogP contribution in [0.5, 0.6) is 0 Å². The molecule has 5 heteroatoms. The van der Waals surface area contributed by atoms with E-state index in [1.165, 1.54) is 10.5 Å². The summed E-state index contributed by atoms with van der Waals surface area (Å²) >= 11 is 0. The molecule has 0 fully saturated rings. The third-order valence-corrected chi connectivity index (χ3v) is 2.58. The largest absolute Gasteiger partial charge is 0.351 e. The smallest absolute Gasteiger partial charge is 0.324 e. The molecular weight excluding hydrogens is 204 g/mol. The first kappa shape index (κ1) is 9.08. The van der Waals surface area contributed by atoms with Crippen molar-refractivity contribution in [3.8, 4) is 0 Å². The Balaban J connectivity index is 2.17. The second-order valence-corrected chi connectivity index (χ2v) is 3.75. The van der Waals surface area contributed by atoms with E-state index in [1.54, 1.807) is 12.4 Å². The second kappa shape index (κ2) is 3.16. The average Bonchev–Trinajstić information content (AvgIpc) is 2.95. The summed E-state index contributed by atoms with van der Waals surface area (Å²) in [6.07, 6.45) is 6.84. The highest BCUT2D eigenvalue weighted by molar-refractivity contribution is 5.95. The van der Waals surface area contributed by atoms with Crippen molar-refractivity contribution in [3.05, 3.63) is 29.6 Å². The number of hydrogen-bond donors (Lipinski definition) is 1. The van der Waals surface area contributed by atoms with Gasteiger partial charge >= 0.3 is 6.03 Å². The minimum atomic E-state index is -0.539. The van der Waals surface area contributed by atoms with Gasteiger partial charge in [0, 0.05) is 25.3 Å². The molecule has 3 rings (SSSR count). The summed E-state index contributed by atoms with van der Waals surface area (Å²) in [4.78, 5) is 21.3. The minimum absolute atomic E-state index is 0.524. The molecule has 16 heavy (non-hydrogen) atoms. The van der Waals surface area contributed by atoms with Crippen LogP contribution < -0.4 is 10.6 Å². The lowest BCUT2D eigenvalue weighted by atomic mass is 10.3. The lowest BCUT2D eigenvalue weighted by Gasteiger charge is -2.17. The van der Waals surface area contributed by atoms with Gasteiger partial charge in [-0.25, -0.2) is 9.78 Å². The summed E-state index contributed by atoms with van der Waals surface area (Å²) in [5.41, 5.74) is 8.24. The number of rotatable bonds is 0. The normalized spacial score (nSPS) is 18.1. The molecule has 1 aromatic rings. The number of aromatic nitrogens is 1. The minimum Gasteiger partial charge on any atom is -0.351 e. The summed E-state index contributed by atoms with van der Waals surface area (Å²) in [6.45, 7) is 0. The van der Waals surface area contributed by atoms with Gasteiger partial charge in [0.05, 0.1) is 5.69 Å². The van der Waals surface area contributed by atoms with Gasteiger partial charge in [-0.1, -0.05) is 6.08 Å². The molecule has 0 saturated heterocycles. The van der Waals surface area contributed by atoms with Gasteiger partial charge in [0.15, 0.2) is 5.82 Å². The molecule has 1 aliphatic heterocycles. The number of amides is 2. The summed E-state index contributed by atoms with van der Waals surface area (Å²) in [5.74, 6) is 0.524. The molecule has 0 spiro atoms. The number of carbonyl (C=O) groups excluding carboxylic acids is 1. The predicted molar refractivity (Wildman–Crippen MR) is 61.0 cm³/mol. The number of carbonyl (C=O) groups is 1. The number of hydrogen-bond acceptors (Lipinski definition) is 3. The van der Waals surface area contributed by atoms with Crippen LogP contribution in [-0.2, 0) is 6.42 Å². The first-order valence-electron chi connectivity index (χ1n) is 5.06. The number of nitrogens with zero attached hydrogens (tertiary/aromatic N) is 3. The number of primary amides is 1. The van der Waals surface area contributed by atoms with Crippen LogP contribution in [0.3, 0.4) is 0 Å². The Morgan fingerprint density at radius 3 is 3.19 bits per heavy atom. The zero-order chi connectivity index (χ0) is 11.1. The summed E-state index contributed by atoms with van der Waals surface area (Å²) in [6, 6.07) is 1.42. The highest BCUT2D eigenvalue weighted by Crippen LogP contribution is 2.37. The molecule has 2 N–H and O–H groups in total. The lowest BCUT2D eigenvalue weighted by molar-refractivity contribution is 0.255. The number of nitrogens with two attached hydrogens (primary N) is 1. The molecule has 5 nitrogen and oxygen atoms in total. The zero-order valence-electron chi connectivity index (χ0n) is 8.55. The number of aliphatic imine (C=N–C) groups is 1. The van der Waals surface area contributed by atoms with E-state index in [4.69, 9.17) is 5.73 Å². The van der Waals surface area contributed by atoms with Gasteiger partial charge < -0.3 is 5.73 Å². The number of anilines is 1. The predicted octanol–water partition coefficient (Wildman–Crippen LogP) is 1.49. The molecule has 1 aliphatic carbocycles. The maximum absolute atomic E-state index is 11.3. The molecule has 0 aromatic carbocycles. The molecule has 0 bridgehead atoms. The molecule has 0 unspecified atom stereocenters. The third kappa shape index (κ3) is 1.37. The second-order valence-electron chi connectivity index (χ2n) is 3.75. The average molecular weight is 214 g/mol. The monoisotopic (exact) mass is 214 g/mol. The van der Waals surface area contributed by atoms with Crippen molar-refractivity contribution in [1.29, 1.82) is 0 Å². The van der Waals surface area contributed by atoms with E-state index in [2.05, 4.69) is 9.98 Å². The molecule has 0 saturated carbocycles. The maximum Gasteiger partial charge on any atom is 0.324 e. The Kier molecular flexibility index (Phi) is 1.80. The molecule has 2 amide bonds. The molecular formula is C11H10N4O. The van der Waals surface area contributed by atoms with Crippen LogP contribution in [0.25, 0.3) is 0 Å². The Morgan fingerprint density at radius 2 is 2.38 bits per heavy atom. The van der Waals surface area contributed by atoms with Gasteiger partial charge in [-0.3, -0.25) is 9.89 Å². The van der Waals surface area contributed by atoms with Gasteiger partial charge in [-0.15, -0.1) is 0 Å². The van der Waals surface area contributed by atoms with Gasteiger partial charge in [0.25, 0.3) is 0 Å². The van der Waals surface area contributed by atoms with Crippen molar-refractivity contribution < 1.29 is 4.79 Å². The first-order chi connectivity index (χ1) is 7.75. The molecule has 80 valence electrons. The Morgan fingerprint density at radius 1 is 1.50 bits per heavy atom. The van der Waals surface area contributed by atoms with E-state index < -0.39 is 6.03 Å². The fourth-order valence-corrected chi connectivity index (χ4v) is 1.70. The van der Waals surface area contributed by atoms with Gasteiger partial charge in [0.1, 0.15) is 5.69 Å². The fourth-order valence-electron chi connectivity index (χ4n) is 1.70. The van der Waals surface area contributed by atoms with E-state index in [0.29, 0.717) is 17.9 Å². The zero-order valence-corrected chi connectivity index (χ0v) is 8.55. The van der Waals surface area contributed by atoms with Gasteiger partial charge in [-0.2, -0.15) is 0 Å². The fraction of sp³-hybridized carbons (Fsp3) is 0.182. The topological polar surface area (TPSA) is 71.6 Å². The molecule has 0 atom stereocenters. The molecule has 2 heterocycles. The Labute approximate surface area is 92.3 Å². The van der Waals surface area contributed by atoms with E-state index in [-0.39, 0.29) is 0 Å². The van der Waals surface area contributed by atoms with Crippen molar-refractivity contribution in [2.75, 3.05) is 4.90 Å². The van der Waals surface area contributed by atoms with E-state index in [1.807, 2.05) is 12.1 Å². The van der Waals surface area contributed by atoms with Crippen LogP contribution in [0.4, 0.5) is 16.3 Å². The van der Waals surface area contributed by atoms with Crippen LogP contribution in [-0.4, -0.2) is 17.2 Å².